The molecule has 3 aromatic rings. The molecule has 1 fully saturated rings. The predicted molar refractivity (Wildman–Crippen MR) is 112 cm³/mol. The van der Waals surface area contributed by atoms with Crippen molar-refractivity contribution in [1.82, 2.24) is 9.88 Å². The van der Waals surface area contributed by atoms with Gasteiger partial charge in [-0.25, -0.2) is 9.69 Å². The zero-order valence-electron chi connectivity index (χ0n) is 16.2. The number of amides is 4. The quantitative estimate of drug-likeness (QED) is 0.524. The molecule has 0 aliphatic carbocycles. The Balaban J connectivity index is 1.72. The van der Waals surface area contributed by atoms with Gasteiger partial charge in [-0.15, -0.1) is 0 Å². The molecule has 1 aromatic heterocycles. The summed E-state index contributed by atoms with van der Waals surface area (Å²) in [5.74, 6) is -0.905. The lowest BCUT2D eigenvalue weighted by molar-refractivity contribution is -0.122. The highest BCUT2D eigenvalue weighted by atomic mass is 16.5. The Morgan fingerprint density at radius 2 is 1.70 bits per heavy atom. The van der Waals surface area contributed by atoms with Crippen molar-refractivity contribution in [3.63, 3.8) is 0 Å². The molecular formula is C23H19N3O4. The molecule has 30 heavy (non-hydrogen) atoms. The van der Waals surface area contributed by atoms with Crippen LogP contribution in [-0.4, -0.2) is 29.0 Å². The molecule has 4 amide bonds. The topological polar surface area (TPSA) is 80.6 Å². The van der Waals surface area contributed by atoms with E-state index in [1.54, 1.807) is 30.3 Å². The maximum atomic E-state index is 13.1. The SMILES string of the molecule is CCOc1cccc(N2C(=O)NC(=O)/C(=C\c3cccn3-c3ccccc3)C2=O)c1. The number of nitrogens with zero attached hydrogens (tertiary/aromatic N) is 2. The fourth-order valence-electron chi connectivity index (χ4n) is 3.25. The predicted octanol–water partition coefficient (Wildman–Crippen LogP) is 3.54. The van der Waals surface area contributed by atoms with E-state index >= 15 is 0 Å². The average Bonchev–Trinajstić information content (AvgIpc) is 3.20. The highest BCUT2D eigenvalue weighted by Crippen LogP contribution is 2.26. The van der Waals surface area contributed by atoms with Gasteiger partial charge in [0, 0.05) is 23.6 Å². The molecule has 150 valence electrons. The fraction of sp³-hybridized carbons (Fsp3) is 0.0870. The summed E-state index contributed by atoms with van der Waals surface area (Å²) in [5.41, 5.74) is 1.71. The fourth-order valence-corrected chi connectivity index (χ4v) is 3.25. The summed E-state index contributed by atoms with van der Waals surface area (Å²) in [4.78, 5) is 38.9. The van der Waals surface area contributed by atoms with Crippen molar-refractivity contribution in [3.05, 3.63) is 84.2 Å². The lowest BCUT2D eigenvalue weighted by Crippen LogP contribution is -2.54. The van der Waals surface area contributed by atoms with E-state index in [0.717, 1.165) is 10.6 Å². The normalized spacial score (nSPS) is 15.4. The molecule has 0 atom stereocenters. The van der Waals surface area contributed by atoms with Crippen molar-refractivity contribution in [2.45, 2.75) is 6.92 Å². The molecule has 0 spiro atoms. The number of nitrogens with one attached hydrogen (secondary N) is 1. The zero-order chi connectivity index (χ0) is 21.1. The second-order valence-corrected chi connectivity index (χ2v) is 6.53. The molecule has 2 heterocycles. The van der Waals surface area contributed by atoms with Gasteiger partial charge in [-0.05, 0) is 49.4 Å². The van der Waals surface area contributed by atoms with Gasteiger partial charge in [0.15, 0.2) is 0 Å². The molecular weight excluding hydrogens is 382 g/mol. The van der Waals surface area contributed by atoms with Crippen molar-refractivity contribution < 1.29 is 19.1 Å². The summed E-state index contributed by atoms with van der Waals surface area (Å²) in [6, 6.07) is 19.0. The number of hydrogen-bond acceptors (Lipinski definition) is 4. The first-order valence-electron chi connectivity index (χ1n) is 9.45. The van der Waals surface area contributed by atoms with Crippen molar-refractivity contribution in [1.29, 1.82) is 0 Å². The van der Waals surface area contributed by atoms with Gasteiger partial charge in [-0.3, -0.25) is 14.9 Å². The minimum absolute atomic E-state index is 0.132. The zero-order valence-corrected chi connectivity index (χ0v) is 16.2. The summed E-state index contributed by atoms with van der Waals surface area (Å²) in [6.07, 6.45) is 3.32. The van der Waals surface area contributed by atoms with Crippen molar-refractivity contribution in [2.75, 3.05) is 11.5 Å². The van der Waals surface area contributed by atoms with Crippen LogP contribution >= 0.6 is 0 Å². The maximum Gasteiger partial charge on any atom is 0.335 e. The largest absolute Gasteiger partial charge is 0.494 e. The van der Waals surface area contributed by atoms with Gasteiger partial charge in [-0.1, -0.05) is 24.3 Å². The minimum atomic E-state index is -0.797. The Morgan fingerprint density at radius 1 is 0.933 bits per heavy atom. The van der Waals surface area contributed by atoms with Gasteiger partial charge in [0.25, 0.3) is 11.8 Å². The molecule has 1 aliphatic heterocycles. The van der Waals surface area contributed by atoms with Gasteiger partial charge >= 0.3 is 6.03 Å². The number of para-hydroxylation sites is 1. The van der Waals surface area contributed by atoms with Crippen LogP contribution in [0.15, 0.2) is 78.5 Å². The third-order valence-corrected chi connectivity index (χ3v) is 4.60. The third kappa shape index (κ3) is 3.60. The third-order valence-electron chi connectivity index (χ3n) is 4.60. The molecule has 7 heteroatoms. The Hall–Kier alpha value is -4.13. The van der Waals surface area contributed by atoms with Crippen molar-refractivity contribution >= 4 is 29.6 Å². The van der Waals surface area contributed by atoms with Crippen LogP contribution < -0.4 is 15.0 Å². The van der Waals surface area contributed by atoms with E-state index in [1.165, 1.54) is 6.08 Å². The van der Waals surface area contributed by atoms with Gasteiger partial charge in [-0.2, -0.15) is 0 Å². The summed E-state index contributed by atoms with van der Waals surface area (Å²) in [5, 5.41) is 2.24. The number of benzene rings is 2. The van der Waals surface area contributed by atoms with Gasteiger partial charge in [0.2, 0.25) is 0 Å². The number of aromatic nitrogens is 1. The summed E-state index contributed by atoms with van der Waals surface area (Å²) >= 11 is 0. The van der Waals surface area contributed by atoms with E-state index in [9.17, 15) is 14.4 Å². The first-order valence-corrected chi connectivity index (χ1v) is 9.45. The average molecular weight is 401 g/mol. The number of imide groups is 2. The van der Waals surface area contributed by atoms with Crippen LogP contribution in [0, 0.1) is 0 Å². The maximum absolute atomic E-state index is 13.1. The number of ether oxygens (including phenoxy) is 1. The Labute approximate surface area is 173 Å². The molecule has 1 aliphatic rings. The van der Waals surface area contributed by atoms with Crippen LogP contribution in [0.3, 0.4) is 0 Å². The van der Waals surface area contributed by atoms with Crippen molar-refractivity contribution in [3.8, 4) is 11.4 Å². The van der Waals surface area contributed by atoms with Crippen molar-refractivity contribution in [2.24, 2.45) is 0 Å². The lowest BCUT2D eigenvalue weighted by Gasteiger charge is -2.26. The number of urea groups is 1. The molecule has 4 rings (SSSR count). The number of barbiturate groups is 1. The Kier molecular flexibility index (Phi) is 5.17. The summed E-state index contributed by atoms with van der Waals surface area (Å²) in [7, 11) is 0. The van der Waals surface area contributed by atoms with E-state index in [2.05, 4.69) is 5.32 Å². The first kappa shape index (κ1) is 19.2. The van der Waals surface area contributed by atoms with E-state index < -0.39 is 17.8 Å². The van der Waals surface area contributed by atoms with Gasteiger partial charge in [0.05, 0.1) is 12.3 Å². The van der Waals surface area contributed by atoms with E-state index in [-0.39, 0.29) is 5.57 Å². The second kappa shape index (κ2) is 8.08. The van der Waals surface area contributed by atoms with E-state index in [1.807, 2.05) is 54.1 Å². The molecule has 1 saturated heterocycles. The number of carbonyl (C=O) groups excluding carboxylic acids is 3. The number of rotatable bonds is 5. The Bertz CT molecular complexity index is 1150. The van der Waals surface area contributed by atoms with Crippen LogP contribution in [-0.2, 0) is 9.59 Å². The van der Waals surface area contributed by atoms with Crippen LogP contribution in [0.25, 0.3) is 11.8 Å². The van der Waals surface area contributed by atoms with E-state index in [4.69, 9.17) is 4.74 Å². The number of anilines is 1. The second-order valence-electron chi connectivity index (χ2n) is 6.53. The highest BCUT2D eigenvalue weighted by Gasteiger charge is 2.37. The summed E-state index contributed by atoms with van der Waals surface area (Å²) < 4.78 is 7.30. The number of carbonyl (C=O) groups is 3. The van der Waals surface area contributed by atoms with E-state index in [0.29, 0.717) is 23.7 Å². The molecule has 0 radical (unpaired) electrons. The standard InChI is InChI=1S/C23H19N3O4/c1-2-30-19-12-6-10-18(14-19)26-22(28)20(21(27)24-23(26)29)15-17-11-7-13-25(17)16-8-4-3-5-9-16/h3-15H,2H2,1H3,(H,24,27,29)/b20-15+. The monoisotopic (exact) mass is 401 g/mol. The van der Waals surface area contributed by atoms with Crippen LogP contribution in [0.5, 0.6) is 5.75 Å². The van der Waals surface area contributed by atoms with Gasteiger partial charge in [0.1, 0.15) is 11.3 Å². The smallest absolute Gasteiger partial charge is 0.335 e. The lowest BCUT2D eigenvalue weighted by atomic mass is 10.1. The molecule has 0 unspecified atom stereocenters. The Morgan fingerprint density at radius 3 is 2.47 bits per heavy atom. The summed E-state index contributed by atoms with van der Waals surface area (Å²) in [6.45, 7) is 2.29. The van der Waals surface area contributed by atoms with Crippen LogP contribution in [0.1, 0.15) is 12.6 Å². The highest BCUT2D eigenvalue weighted by molar-refractivity contribution is 6.39. The molecule has 2 aromatic carbocycles. The van der Waals surface area contributed by atoms with Crippen LogP contribution in [0.4, 0.5) is 10.5 Å². The molecule has 0 saturated carbocycles. The number of hydrogen-bond donors (Lipinski definition) is 1. The van der Waals surface area contributed by atoms with Gasteiger partial charge < -0.3 is 9.30 Å². The molecule has 1 N–H and O–H groups in total. The minimum Gasteiger partial charge on any atom is -0.494 e. The first-order chi connectivity index (χ1) is 14.6. The molecule has 0 bridgehead atoms. The molecule has 7 nitrogen and oxygen atoms in total. The van der Waals surface area contributed by atoms with Crippen LogP contribution in [0.2, 0.25) is 0 Å².